The zero-order valence-corrected chi connectivity index (χ0v) is 19.0. The number of fused-ring (bicyclic) bond motifs is 1. The molecule has 10 heteroatoms. The van der Waals surface area contributed by atoms with Crippen LogP contribution in [0.1, 0.15) is 24.1 Å². The fraction of sp³-hybridized carbons (Fsp3) is 0.167. The summed E-state index contributed by atoms with van der Waals surface area (Å²) in [6.45, 7) is 1.81. The monoisotopic (exact) mass is 473 g/mol. The fourth-order valence-electron chi connectivity index (χ4n) is 3.85. The first kappa shape index (κ1) is 21.9. The molecule has 2 atom stereocenters. The largest absolute Gasteiger partial charge is 0.324 e. The van der Waals surface area contributed by atoms with E-state index in [-0.39, 0.29) is 11.7 Å². The molecule has 0 saturated heterocycles. The number of carbonyl (C=O) groups excluding carboxylic acids is 1. The molecule has 1 amide bonds. The molecule has 4 aromatic rings. The number of aromatic nitrogens is 5. The molecule has 1 aromatic carbocycles. The molecule has 0 bridgehead atoms. The second kappa shape index (κ2) is 9.52. The topological polar surface area (TPSA) is 98.0 Å². The number of pyridine rings is 2. The predicted octanol–water partition coefficient (Wildman–Crippen LogP) is 4.45. The second-order valence-corrected chi connectivity index (χ2v) is 8.65. The number of hydrogen-bond donors (Lipinski definition) is 1. The first-order valence-electron chi connectivity index (χ1n) is 10.6. The van der Waals surface area contributed by atoms with Crippen LogP contribution in [-0.4, -0.2) is 36.4 Å². The van der Waals surface area contributed by atoms with Crippen molar-refractivity contribution in [2.75, 3.05) is 5.32 Å². The van der Waals surface area contributed by atoms with Crippen molar-refractivity contribution in [2.24, 2.45) is 10.9 Å². The summed E-state index contributed by atoms with van der Waals surface area (Å²) in [5, 5.41) is 8.02. The van der Waals surface area contributed by atoms with E-state index >= 15 is 0 Å². The predicted molar refractivity (Wildman–Crippen MR) is 127 cm³/mol. The lowest BCUT2D eigenvalue weighted by molar-refractivity contribution is -0.118. The number of nitrogens with one attached hydrogen (secondary N) is 1. The lowest BCUT2D eigenvalue weighted by Crippen LogP contribution is -2.39. The molecule has 170 valence electrons. The average molecular weight is 474 g/mol. The molecular weight excluding hydrogens is 453 g/mol. The standard InChI is InChI=1S/C24H20FN7OS/c1-15-20(22(33)29-18-8-5-11-27-13-18)21(16-7-4-10-26-12-16)32-23(28-15)30-24(31-32)34-14-17-6-2-3-9-19(17)25/h2-13,20-21H,14H2,1H3,(H,29,33). The molecule has 34 heavy (non-hydrogen) atoms. The molecule has 0 spiro atoms. The highest BCUT2D eigenvalue weighted by atomic mass is 32.2. The maximum Gasteiger partial charge on any atom is 0.249 e. The van der Waals surface area contributed by atoms with E-state index in [1.165, 1.54) is 17.8 Å². The molecule has 1 aliphatic heterocycles. The molecule has 1 N–H and O–H groups in total. The van der Waals surface area contributed by atoms with Gasteiger partial charge in [0.1, 0.15) is 11.7 Å². The zero-order chi connectivity index (χ0) is 23.5. The number of amides is 1. The molecule has 4 heterocycles. The van der Waals surface area contributed by atoms with Crippen LogP contribution in [0, 0.1) is 11.7 Å². The molecule has 3 aromatic heterocycles. The van der Waals surface area contributed by atoms with E-state index in [0.717, 1.165) is 5.56 Å². The van der Waals surface area contributed by atoms with Crippen LogP contribution >= 0.6 is 11.8 Å². The van der Waals surface area contributed by atoms with Gasteiger partial charge in [0.2, 0.25) is 17.0 Å². The highest BCUT2D eigenvalue weighted by molar-refractivity contribution is 7.98. The summed E-state index contributed by atoms with van der Waals surface area (Å²) in [5.74, 6) is -0.366. The number of thioether (sulfide) groups is 1. The van der Waals surface area contributed by atoms with Crippen molar-refractivity contribution < 1.29 is 9.18 Å². The number of benzene rings is 1. The SMILES string of the molecule is CC1=Nc2nc(SCc3ccccc3F)nn2C(c2cccnc2)C1C(=O)Nc1cccnc1. The van der Waals surface area contributed by atoms with Gasteiger partial charge in [0, 0.05) is 30.1 Å². The molecule has 8 nitrogen and oxygen atoms in total. The number of rotatable bonds is 6. The van der Waals surface area contributed by atoms with Gasteiger partial charge in [0.05, 0.1) is 17.9 Å². The Morgan fingerprint density at radius 1 is 1.09 bits per heavy atom. The highest BCUT2D eigenvalue weighted by Gasteiger charge is 2.39. The van der Waals surface area contributed by atoms with Gasteiger partial charge in [-0.3, -0.25) is 14.8 Å². The van der Waals surface area contributed by atoms with Gasteiger partial charge in [0.15, 0.2) is 0 Å². The Labute approximate surface area is 199 Å². The van der Waals surface area contributed by atoms with Crippen LogP contribution in [0.4, 0.5) is 16.0 Å². The summed E-state index contributed by atoms with van der Waals surface area (Å²) in [4.78, 5) is 30.8. The average Bonchev–Trinajstić information content (AvgIpc) is 3.26. The minimum Gasteiger partial charge on any atom is -0.324 e. The molecule has 0 radical (unpaired) electrons. The summed E-state index contributed by atoms with van der Waals surface area (Å²) in [6.07, 6.45) is 6.62. The van der Waals surface area contributed by atoms with Gasteiger partial charge in [-0.15, -0.1) is 5.10 Å². The van der Waals surface area contributed by atoms with Gasteiger partial charge in [-0.2, -0.15) is 4.98 Å². The molecule has 0 fully saturated rings. The maximum absolute atomic E-state index is 14.0. The van der Waals surface area contributed by atoms with Crippen LogP contribution in [0.25, 0.3) is 0 Å². The third kappa shape index (κ3) is 4.44. The zero-order valence-electron chi connectivity index (χ0n) is 18.2. The summed E-state index contributed by atoms with van der Waals surface area (Å²) in [6, 6.07) is 13.4. The van der Waals surface area contributed by atoms with Crippen LogP contribution in [0.2, 0.25) is 0 Å². The quantitative estimate of drug-likeness (QED) is 0.416. The van der Waals surface area contributed by atoms with E-state index in [4.69, 9.17) is 0 Å². The number of anilines is 1. The lowest BCUT2D eigenvalue weighted by atomic mass is 9.88. The lowest BCUT2D eigenvalue weighted by Gasteiger charge is -2.30. The van der Waals surface area contributed by atoms with Crippen LogP contribution < -0.4 is 5.32 Å². The van der Waals surface area contributed by atoms with E-state index in [2.05, 4.69) is 30.4 Å². The normalized spacial score (nSPS) is 17.1. The Bertz CT molecular complexity index is 1340. The minimum atomic E-state index is -0.636. The number of halogens is 1. The van der Waals surface area contributed by atoms with E-state index in [1.54, 1.807) is 66.7 Å². The highest BCUT2D eigenvalue weighted by Crippen LogP contribution is 2.37. The van der Waals surface area contributed by atoms with Crippen LogP contribution in [0.5, 0.6) is 0 Å². The van der Waals surface area contributed by atoms with Gasteiger partial charge in [0.25, 0.3) is 0 Å². The third-order valence-electron chi connectivity index (χ3n) is 5.45. The smallest absolute Gasteiger partial charge is 0.249 e. The summed E-state index contributed by atoms with van der Waals surface area (Å²) in [5.41, 5.74) is 2.58. The Balaban J connectivity index is 1.48. The number of nitrogens with zero attached hydrogens (tertiary/aromatic N) is 6. The first-order chi connectivity index (χ1) is 16.6. The summed E-state index contributed by atoms with van der Waals surface area (Å²) in [7, 11) is 0. The van der Waals surface area contributed by atoms with Gasteiger partial charge < -0.3 is 5.32 Å². The first-order valence-corrected chi connectivity index (χ1v) is 11.6. The van der Waals surface area contributed by atoms with Crippen molar-refractivity contribution in [2.45, 2.75) is 23.9 Å². The van der Waals surface area contributed by atoms with Crippen molar-refractivity contribution >= 4 is 35.0 Å². The number of hydrogen-bond acceptors (Lipinski definition) is 7. The van der Waals surface area contributed by atoms with E-state index in [1.807, 2.05) is 12.1 Å². The van der Waals surface area contributed by atoms with Crippen LogP contribution in [-0.2, 0) is 10.5 Å². The van der Waals surface area contributed by atoms with E-state index in [0.29, 0.717) is 33.8 Å². The fourth-order valence-corrected chi connectivity index (χ4v) is 4.66. The molecule has 2 unspecified atom stereocenters. The Hall–Kier alpha value is -3.92. The number of carbonyl (C=O) groups is 1. The van der Waals surface area contributed by atoms with Crippen molar-refractivity contribution in [3.8, 4) is 0 Å². The van der Waals surface area contributed by atoms with E-state index in [9.17, 15) is 9.18 Å². The Kier molecular flexibility index (Phi) is 6.13. The van der Waals surface area contributed by atoms with Crippen molar-refractivity contribution in [3.63, 3.8) is 0 Å². The van der Waals surface area contributed by atoms with Crippen molar-refractivity contribution in [1.82, 2.24) is 24.7 Å². The van der Waals surface area contributed by atoms with Crippen molar-refractivity contribution in [1.29, 1.82) is 0 Å². The summed E-state index contributed by atoms with van der Waals surface area (Å²) >= 11 is 1.32. The van der Waals surface area contributed by atoms with Gasteiger partial charge in [-0.25, -0.2) is 14.1 Å². The molecule has 5 rings (SSSR count). The summed E-state index contributed by atoms with van der Waals surface area (Å²) < 4.78 is 15.7. The minimum absolute atomic E-state index is 0.232. The van der Waals surface area contributed by atoms with Crippen molar-refractivity contribution in [3.05, 3.63) is 90.3 Å². The van der Waals surface area contributed by atoms with Crippen LogP contribution in [0.15, 0.2) is 83.5 Å². The molecule has 0 saturated carbocycles. The Morgan fingerprint density at radius 3 is 2.62 bits per heavy atom. The van der Waals surface area contributed by atoms with Gasteiger partial charge in [-0.1, -0.05) is 36.0 Å². The van der Waals surface area contributed by atoms with E-state index < -0.39 is 12.0 Å². The number of aliphatic imine (C=N–C) groups is 1. The maximum atomic E-state index is 14.0. The Morgan fingerprint density at radius 2 is 1.88 bits per heavy atom. The molecule has 0 aliphatic carbocycles. The molecular formula is C24H20FN7OS. The van der Waals surface area contributed by atoms with Gasteiger partial charge in [-0.05, 0) is 42.3 Å². The van der Waals surface area contributed by atoms with Crippen LogP contribution in [0.3, 0.4) is 0 Å². The third-order valence-corrected chi connectivity index (χ3v) is 6.34. The van der Waals surface area contributed by atoms with Gasteiger partial charge >= 0.3 is 0 Å². The molecule has 1 aliphatic rings. The second-order valence-electron chi connectivity index (χ2n) is 7.71.